The third-order valence-electron chi connectivity index (χ3n) is 3.29. The van der Waals surface area contributed by atoms with E-state index in [0.29, 0.717) is 11.5 Å². The van der Waals surface area contributed by atoms with Crippen LogP contribution in [-0.4, -0.2) is 59.1 Å². The van der Waals surface area contributed by atoms with Crippen molar-refractivity contribution < 1.29 is 29.9 Å². The van der Waals surface area contributed by atoms with Crippen molar-refractivity contribution in [3.05, 3.63) is 59.7 Å². The fourth-order valence-electron chi connectivity index (χ4n) is 1.90. The second kappa shape index (κ2) is 12.3. The SMILES string of the molecule is Cc1cccc(OC[C@@H](O)CO)c1.Cc1cccc(OC[C@@H](O)CO)c1. The highest BCUT2D eigenvalue weighted by atomic mass is 16.5. The fraction of sp³-hybridized carbons (Fsp3) is 0.400. The van der Waals surface area contributed by atoms with Gasteiger partial charge in [0.25, 0.3) is 0 Å². The van der Waals surface area contributed by atoms with Crippen LogP contribution in [0.15, 0.2) is 48.5 Å². The molecule has 4 N–H and O–H groups in total. The Hall–Kier alpha value is -2.12. The molecule has 0 fully saturated rings. The molecule has 0 saturated heterocycles. The molecule has 0 aliphatic rings. The number of aryl methyl sites for hydroxylation is 2. The fourth-order valence-corrected chi connectivity index (χ4v) is 1.90. The van der Waals surface area contributed by atoms with Crippen molar-refractivity contribution in [1.82, 2.24) is 0 Å². The first-order chi connectivity index (χ1) is 12.4. The first kappa shape index (κ1) is 21.9. The van der Waals surface area contributed by atoms with Crippen molar-refractivity contribution in [2.45, 2.75) is 26.1 Å². The average molecular weight is 364 g/mol. The van der Waals surface area contributed by atoms with E-state index >= 15 is 0 Å². The van der Waals surface area contributed by atoms with Crippen LogP contribution in [0.4, 0.5) is 0 Å². The van der Waals surface area contributed by atoms with Crippen molar-refractivity contribution in [3.63, 3.8) is 0 Å². The van der Waals surface area contributed by atoms with Crippen molar-refractivity contribution in [2.24, 2.45) is 0 Å². The first-order valence-electron chi connectivity index (χ1n) is 8.41. The molecule has 2 atom stereocenters. The van der Waals surface area contributed by atoms with E-state index in [1.54, 1.807) is 0 Å². The lowest BCUT2D eigenvalue weighted by Crippen LogP contribution is -2.21. The van der Waals surface area contributed by atoms with Gasteiger partial charge in [0.2, 0.25) is 0 Å². The van der Waals surface area contributed by atoms with Gasteiger partial charge in [-0.25, -0.2) is 0 Å². The molecule has 0 aromatic heterocycles. The number of rotatable bonds is 8. The average Bonchev–Trinajstić information content (AvgIpc) is 2.64. The van der Waals surface area contributed by atoms with E-state index in [9.17, 15) is 0 Å². The lowest BCUT2D eigenvalue weighted by atomic mass is 10.2. The minimum atomic E-state index is -0.805. The summed E-state index contributed by atoms with van der Waals surface area (Å²) in [6.45, 7) is 3.64. The van der Waals surface area contributed by atoms with E-state index in [0.717, 1.165) is 11.1 Å². The Balaban J connectivity index is 0.000000260. The summed E-state index contributed by atoms with van der Waals surface area (Å²) in [5, 5.41) is 35.1. The van der Waals surface area contributed by atoms with E-state index in [4.69, 9.17) is 29.9 Å². The molecular weight excluding hydrogens is 336 g/mol. The molecule has 0 spiro atoms. The monoisotopic (exact) mass is 364 g/mol. The molecular formula is C20H28O6. The zero-order valence-corrected chi connectivity index (χ0v) is 15.2. The number of hydrogen-bond donors (Lipinski definition) is 4. The predicted octanol–water partition coefficient (Wildman–Crippen LogP) is 1.45. The highest BCUT2D eigenvalue weighted by Gasteiger charge is 2.03. The Kier molecular flexibility index (Phi) is 10.3. The van der Waals surface area contributed by atoms with Crippen molar-refractivity contribution >= 4 is 0 Å². The molecule has 6 nitrogen and oxygen atoms in total. The molecule has 0 bridgehead atoms. The molecule has 0 heterocycles. The van der Waals surface area contributed by atoms with Gasteiger partial charge in [-0.15, -0.1) is 0 Å². The summed E-state index contributed by atoms with van der Waals surface area (Å²) in [6, 6.07) is 15.1. The second-order valence-electron chi connectivity index (χ2n) is 5.93. The smallest absolute Gasteiger partial charge is 0.119 e. The lowest BCUT2D eigenvalue weighted by Gasteiger charge is -2.09. The van der Waals surface area contributed by atoms with Crippen LogP contribution < -0.4 is 9.47 Å². The molecule has 0 saturated carbocycles. The maximum atomic E-state index is 9.01. The molecule has 2 aromatic rings. The topological polar surface area (TPSA) is 99.4 Å². The van der Waals surface area contributed by atoms with Crippen LogP contribution in [0.3, 0.4) is 0 Å². The Morgan fingerprint density at radius 3 is 1.42 bits per heavy atom. The third-order valence-corrected chi connectivity index (χ3v) is 3.29. The molecule has 2 aromatic carbocycles. The van der Waals surface area contributed by atoms with Crippen LogP contribution in [0.25, 0.3) is 0 Å². The van der Waals surface area contributed by atoms with E-state index in [1.807, 2.05) is 62.4 Å². The Morgan fingerprint density at radius 2 is 1.12 bits per heavy atom. The van der Waals surface area contributed by atoms with Crippen LogP contribution >= 0.6 is 0 Å². The van der Waals surface area contributed by atoms with Gasteiger partial charge in [-0.05, 0) is 49.2 Å². The van der Waals surface area contributed by atoms with Crippen molar-refractivity contribution in [1.29, 1.82) is 0 Å². The van der Waals surface area contributed by atoms with E-state index in [2.05, 4.69) is 0 Å². The third kappa shape index (κ3) is 9.39. The van der Waals surface area contributed by atoms with Crippen LogP contribution in [-0.2, 0) is 0 Å². The summed E-state index contributed by atoms with van der Waals surface area (Å²) < 4.78 is 10.5. The Bertz CT molecular complexity index is 576. The first-order valence-corrected chi connectivity index (χ1v) is 8.41. The number of ether oxygens (including phenoxy) is 2. The largest absolute Gasteiger partial charge is 0.491 e. The lowest BCUT2D eigenvalue weighted by molar-refractivity contribution is 0.0536. The molecule has 144 valence electrons. The number of aliphatic hydroxyl groups excluding tert-OH is 4. The van der Waals surface area contributed by atoms with Crippen LogP contribution in [0.2, 0.25) is 0 Å². The maximum absolute atomic E-state index is 9.01. The van der Waals surface area contributed by atoms with Crippen LogP contribution in [0, 0.1) is 13.8 Å². The zero-order valence-electron chi connectivity index (χ0n) is 15.2. The van der Waals surface area contributed by atoms with Gasteiger partial charge in [0.1, 0.15) is 36.9 Å². The maximum Gasteiger partial charge on any atom is 0.119 e. The summed E-state index contributed by atoms with van der Waals surface area (Å²) in [5.74, 6) is 1.43. The molecule has 0 amide bonds. The van der Waals surface area contributed by atoms with E-state index in [-0.39, 0.29) is 26.4 Å². The summed E-state index contributed by atoms with van der Waals surface area (Å²) in [6.07, 6.45) is -1.61. The van der Waals surface area contributed by atoms with Gasteiger partial charge in [-0.3, -0.25) is 0 Å². The highest BCUT2D eigenvalue weighted by molar-refractivity contribution is 5.28. The molecule has 2 rings (SSSR count). The van der Waals surface area contributed by atoms with Crippen molar-refractivity contribution in [2.75, 3.05) is 26.4 Å². The molecule has 0 unspecified atom stereocenters. The van der Waals surface area contributed by atoms with Gasteiger partial charge in [0, 0.05) is 0 Å². The quantitative estimate of drug-likeness (QED) is 0.566. The van der Waals surface area contributed by atoms with Gasteiger partial charge < -0.3 is 29.9 Å². The Labute approximate surface area is 154 Å². The summed E-state index contributed by atoms with van der Waals surface area (Å²) in [7, 11) is 0. The molecule has 0 aliphatic carbocycles. The number of hydrogen-bond acceptors (Lipinski definition) is 6. The molecule has 26 heavy (non-hydrogen) atoms. The molecule has 0 aliphatic heterocycles. The Morgan fingerprint density at radius 1 is 0.731 bits per heavy atom. The van der Waals surface area contributed by atoms with Crippen LogP contribution in [0.5, 0.6) is 11.5 Å². The number of aliphatic hydroxyl groups is 4. The van der Waals surface area contributed by atoms with E-state index in [1.165, 1.54) is 0 Å². The summed E-state index contributed by atoms with van der Waals surface area (Å²) >= 11 is 0. The molecule has 6 heteroatoms. The standard InChI is InChI=1S/2C10H14O3/c2*1-8-3-2-4-10(5-8)13-7-9(12)6-11/h2*2-5,9,11-12H,6-7H2,1H3/t2*9-/m00/s1. The van der Waals surface area contributed by atoms with Crippen molar-refractivity contribution in [3.8, 4) is 11.5 Å². The minimum Gasteiger partial charge on any atom is -0.491 e. The van der Waals surface area contributed by atoms with Gasteiger partial charge in [-0.2, -0.15) is 0 Å². The summed E-state index contributed by atoms with van der Waals surface area (Å²) in [4.78, 5) is 0. The van der Waals surface area contributed by atoms with Crippen LogP contribution in [0.1, 0.15) is 11.1 Å². The minimum absolute atomic E-state index is 0.125. The molecule has 0 radical (unpaired) electrons. The number of benzene rings is 2. The zero-order chi connectivity index (χ0) is 19.4. The summed E-state index contributed by atoms with van der Waals surface area (Å²) in [5.41, 5.74) is 2.21. The second-order valence-corrected chi connectivity index (χ2v) is 5.93. The predicted molar refractivity (Wildman–Crippen MR) is 99.5 cm³/mol. The van der Waals surface area contributed by atoms with Gasteiger partial charge in [0.15, 0.2) is 0 Å². The van der Waals surface area contributed by atoms with E-state index < -0.39 is 12.2 Å². The normalized spacial score (nSPS) is 12.5. The van der Waals surface area contributed by atoms with Gasteiger partial charge >= 0.3 is 0 Å². The van der Waals surface area contributed by atoms with Gasteiger partial charge in [-0.1, -0.05) is 24.3 Å². The highest BCUT2D eigenvalue weighted by Crippen LogP contribution is 2.13. The van der Waals surface area contributed by atoms with Gasteiger partial charge in [0.05, 0.1) is 13.2 Å².